The number of anilines is 2. The van der Waals surface area contributed by atoms with E-state index in [1.54, 1.807) is 35.0 Å². The van der Waals surface area contributed by atoms with Gasteiger partial charge in [0.1, 0.15) is 0 Å². The Hall–Kier alpha value is -3.72. The molecule has 0 saturated carbocycles. The first-order valence-electron chi connectivity index (χ1n) is 13.7. The molecule has 0 bridgehead atoms. The summed E-state index contributed by atoms with van der Waals surface area (Å²) in [7, 11) is 0. The lowest BCUT2D eigenvalue weighted by Crippen LogP contribution is -2.45. The van der Waals surface area contributed by atoms with Crippen molar-refractivity contribution in [1.82, 2.24) is 20.4 Å². The Balaban J connectivity index is 1.30. The molecule has 5 rings (SSSR count). The minimum Gasteiger partial charge on any atom is -0.371 e. The zero-order chi connectivity index (χ0) is 29.8. The summed E-state index contributed by atoms with van der Waals surface area (Å²) >= 11 is 18.8. The second-order valence-electron chi connectivity index (χ2n) is 10.1. The highest BCUT2D eigenvalue weighted by Crippen LogP contribution is 2.33. The van der Waals surface area contributed by atoms with Crippen molar-refractivity contribution in [1.29, 1.82) is 0 Å². The number of hydrogen-bond donors (Lipinski definition) is 3. The summed E-state index contributed by atoms with van der Waals surface area (Å²) in [4.78, 5) is 27.6. The van der Waals surface area contributed by atoms with Crippen molar-refractivity contribution >= 4 is 58.1 Å². The maximum Gasteiger partial charge on any atom is 0.319 e. The zero-order valence-corrected chi connectivity index (χ0v) is 25.5. The highest BCUT2D eigenvalue weighted by atomic mass is 35.5. The fourth-order valence-corrected chi connectivity index (χ4v) is 5.73. The van der Waals surface area contributed by atoms with Crippen molar-refractivity contribution in [3.63, 3.8) is 0 Å². The average molecular weight is 626 g/mol. The Morgan fingerprint density at radius 3 is 2.24 bits per heavy atom. The predicted molar refractivity (Wildman–Crippen MR) is 171 cm³/mol. The average Bonchev–Trinajstić information content (AvgIpc) is 3.31. The van der Waals surface area contributed by atoms with Gasteiger partial charge in [-0.15, -0.1) is 0 Å². The number of carbonyl (C=O) groups excluding carboxylic acids is 2. The highest BCUT2D eigenvalue weighted by Gasteiger charge is 2.27. The van der Waals surface area contributed by atoms with Gasteiger partial charge in [0, 0.05) is 58.2 Å². The van der Waals surface area contributed by atoms with Crippen LogP contribution >= 0.6 is 34.8 Å². The van der Waals surface area contributed by atoms with Gasteiger partial charge in [0.05, 0.1) is 16.4 Å². The smallest absolute Gasteiger partial charge is 0.319 e. The molecular weight excluding hydrogens is 595 g/mol. The Morgan fingerprint density at radius 1 is 0.929 bits per heavy atom. The van der Waals surface area contributed by atoms with Crippen LogP contribution in [0.3, 0.4) is 0 Å². The molecule has 0 atom stereocenters. The zero-order valence-electron chi connectivity index (χ0n) is 23.3. The van der Waals surface area contributed by atoms with E-state index in [-0.39, 0.29) is 18.0 Å². The van der Waals surface area contributed by atoms with Crippen molar-refractivity contribution in [2.24, 2.45) is 0 Å². The molecule has 1 saturated heterocycles. The van der Waals surface area contributed by atoms with Gasteiger partial charge >= 0.3 is 6.03 Å². The van der Waals surface area contributed by atoms with Crippen molar-refractivity contribution in [3.05, 3.63) is 93.1 Å². The van der Waals surface area contributed by atoms with E-state index in [4.69, 9.17) is 39.9 Å². The predicted octanol–water partition coefficient (Wildman–Crippen LogP) is 7.35. The van der Waals surface area contributed by atoms with Gasteiger partial charge in [-0.3, -0.25) is 4.79 Å². The number of nitrogens with one attached hydrogen (secondary N) is 3. The van der Waals surface area contributed by atoms with Crippen LogP contribution in [0.4, 0.5) is 16.2 Å². The number of aromatic nitrogens is 2. The van der Waals surface area contributed by atoms with Crippen LogP contribution in [0.15, 0.2) is 66.7 Å². The van der Waals surface area contributed by atoms with E-state index in [1.807, 2.05) is 50.2 Å². The molecule has 8 nitrogen and oxygen atoms in total. The van der Waals surface area contributed by atoms with Crippen LogP contribution in [-0.2, 0) is 0 Å². The summed E-state index contributed by atoms with van der Waals surface area (Å²) in [5.74, 6) is -0.231. The molecule has 1 fully saturated rings. The number of amides is 3. The van der Waals surface area contributed by atoms with Crippen LogP contribution in [0.5, 0.6) is 0 Å². The van der Waals surface area contributed by atoms with Crippen LogP contribution < -0.4 is 20.9 Å². The lowest BCUT2D eigenvalue weighted by molar-refractivity contribution is 0.0925. The highest BCUT2D eigenvalue weighted by molar-refractivity contribution is 6.35. The van der Waals surface area contributed by atoms with E-state index in [9.17, 15) is 9.59 Å². The normalized spacial score (nSPS) is 13.6. The molecule has 1 aliphatic rings. The van der Waals surface area contributed by atoms with Crippen molar-refractivity contribution in [3.8, 4) is 16.9 Å². The molecule has 3 aromatic carbocycles. The third-order valence-corrected chi connectivity index (χ3v) is 8.04. The maximum atomic E-state index is 13.6. The number of rotatable bonds is 7. The van der Waals surface area contributed by atoms with E-state index in [1.165, 1.54) is 0 Å². The van der Waals surface area contributed by atoms with Gasteiger partial charge in [-0.25, -0.2) is 9.48 Å². The first kappa shape index (κ1) is 29.8. The van der Waals surface area contributed by atoms with Crippen LogP contribution in [0.25, 0.3) is 16.9 Å². The van der Waals surface area contributed by atoms with Crippen molar-refractivity contribution in [2.45, 2.75) is 32.7 Å². The first-order valence-corrected chi connectivity index (χ1v) is 14.9. The van der Waals surface area contributed by atoms with E-state index in [0.717, 1.165) is 54.1 Å². The third kappa shape index (κ3) is 6.67. The molecule has 42 heavy (non-hydrogen) atoms. The molecule has 3 N–H and O–H groups in total. The molecular formula is C31H31Cl3N6O2. The Labute approximate surface area is 259 Å². The monoisotopic (exact) mass is 624 g/mol. The van der Waals surface area contributed by atoms with Crippen molar-refractivity contribution in [2.75, 3.05) is 29.9 Å². The molecule has 11 heteroatoms. The second kappa shape index (κ2) is 13.1. The second-order valence-corrected chi connectivity index (χ2v) is 11.4. The lowest BCUT2D eigenvalue weighted by atomic mass is 10.0. The van der Waals surface area contributed by atoms with Gasteiger partial charge in [-0.05, 0) is 81.3 Å². The lowest BCUT2D eigenvalue weighted by Gasteiger charge is -2.34. The van der Waals surface area contributed by atoms with E-state index < -0.39 is 0 Å². The van der Waals surface area contributed by atoms with Gasteiger partial charge in [-0.1, -0.05) is 46.9 Å². The van der Waals surface area contributed by atoms with E-state index in [2.05, 4.69) is 20.9 Å². The van der Waals surface area contributed by atoms with Gasteiger partial charge < -0.3 is 20.9 Å². The van der Waals surface area contributed by atoms with Crippen molar-refractivity contribution < 1.29 is 9.59 Å². The number of halogens is 3. The summed E-state index contributed by atoms with van der Waals surface area (Å²) in [6, 6.07) is 20.1. The number of urea groups is 1. The molecule has 4 aromatic rings. The van der Waals surface area contributed by atoms with Crippen LogP contribution in [0.1, 0.15) is 35.8 Å². The number of nitrogens with zero attached hydrogens (tertiary/aromatic N) is 3. The molecule has 2 heterocycles. The molecule has 1 aromatic heterocycles. The molecule has 0 aliphatic carbocycles. The van der Waals surface area contributed by atoms with E-state index in [0.29, 0.717) is 33.0 Å². The fraction of sp³-hybridized carbons (Fsp3) is 0.258. The Morgan fingerprint density at radius 2 is 1.60 bits per heavy atom. The standard InChI is InChI=1S/C31H31Cl3N6O2/c1-3-35-31(42)37-23-9-11-25(12-10-23)39-16-14-24(15-17-39)36-30(41)28-19(2)29(20-4-6-21(32)7-5-20)40(38-28)27-13-8-22(33)18-26(27)34/h4-13,18,24H,3,14-17H2,1-2H3,(H,36,41)(H2,35,37,42). The Kier molecular flexibility index (Phi) is 9.26. The van der Waals surface area contributed by atoms with Gasteiger partial charge in [0.25, 0.3) is 5.91 Å². The summed E-state index contributed by atoms with van der Waals surface area (Å²) < 4.78 is 1.69. The topological polar surface area (TPSA) is 91.3 Å². The summed E-state index contributed by atoms with van der Waals surface area (Å²) in [5.41, 5.74) is 5.11. The fourth-order valence-electron chi connectivity index (χ4n) is 5.11. The molecule has 0 spiro atoms. The SMILES string of the molecule is CCNC(=O)Nc1ccc(N2CCC(NC(=O)c3nn(-c4ccc(Cl)cc4Cl)c(-c4ccc(Cl)cc4)c3C)CC2)cc1. The summed E-state index contributed by atoms with van der Waals surface area (Å²) in [5, 5.41) is 15.0. The summed E-state index contributed by atoms with van der Waals surface area (Å²) in [6.07, 6.45) is 1.58. The quantitative estimate of drug-likeness (QED) is 0.200. The molecule has 218 valence electrons. The minimum atomic E-state index is -0.231. The number of carbonyl (C=O) groups is 2. The molecule has 0 unspecified atom stereocenters. The largest absolute Gasteiger partial charge is 0.371 e. The first-order chi connectivity index (χ1) is 20.2. The molecule has 0 radical (unpaired) electrons. The molecule has 3 amide bonds. The number of piperidine rings is 1. The van der Waals surface area contributed by atoms with Gasteiger partial charge in [-0.2, -0.15) is 5.10 Å². The van der Waals surface area contributed by atoms with Gasteiger partial charge in [0.15, 0.2) is 5.69 Å². The molecule has 1 aliphatic heterocycles. The van der Waals surface area contributed by atoms with Crippen LogP contribution in [0, 0.1) is 6.92 Å². The van der Waals surface area contributed by atoms with Crippen LogP contribution in [0.2, 0.25) is 15.1 Å². The van der Waals surface area contributed by atoms with Crippen LogP contribution in [-0.4, -0.2) is 47.4 Å². The number of hydrogen-bond acceptors (Lipinski definition) is 4. The Bertz CT molecular complexity index is 1580. The minimum absolute atomic E-state index is 0.00933. The summed E-state index contributed by atoms with van der Waals surface area (Å²) in [6.45, 7) is 5.91. The third-order valence-electron chi connectivity index (χ3n) is 7.25. The van der Waals surface area contributed by atoms with E-state index >= 15 is 0 Å². The maximum absolute atomic E-state index is 13.6. The number of benzene rings is 3. The van der Waals surface area contributed by atoms with Gasteiger partial charge in [0.2, 0.25) is 0 Å².